The SMILES string of the molecule is Nc1cccc(C(=O)OCc2cnoc2)c1. The summed E-state index contributed by atoms with van der Waals surface area (Å²) in [5.74, 6) is -0.423. The summed E-state index contributed by atoms with van der Waals surface area (Å²) < 4.78 is 9.64. The number of benzene rings is 1. The number of esters is 1. The number of nitrogen functional groups attached to an aromatic ring is 1. The van der Waals surface area contributed by atoms with Crippen molar-refractivity contribution in [3.05, 3.63) is 47.9 Å². The second-order valence-corrected chi connectivity index (χ2v) is 3.23. The fraction of sp³-hybridized carbons (Fsp3) is 0.0909. The summed E-state index contributed by atoms with van der Waals surface area (Å²) in [6, 6.07) is 6.62. The Morgan fingerprint density at radius 2 is 2.38 bits per heavy atom. The molecule has 0 amide bonds. The molecule has 2 rings (SSSR count). The number of nitrogens with zero attached hydrogens (tertiary/aromatic N) is 1. The third kappa shape index (κ3) is 2.38. The van der Waals surface area contributed by atoms with Crippen molar-refractivity contribution in [2.75, 3.05) is 5.73 Å². The maximum Gasteiger partial charge on any atom is 0.338 e. The highest BCUT2D eigenvalue weighted by atomic mass is 16.5. The topological polar surface area (TPSA) is 78.4 Å². The number of nitrogens with two attached hydrogens (primary N) is 1. The molecule has 0 saturated heterocycles. The Kier molecular flexibility index (Phi) is 2.86. The van der Waals surface area contributed by atoms with E-state index in [1.165, 1.54) is 12.5 Å². The van der Waals surface area contributed by atoms with Crippen molar-refractivity contribution in [3.63, 3.8) is 0 Å². The van der Waals surface area contributed by atoms with Crippen LogP contribution in [-0.2, 0) is 11.3 Å². The summed E-state index contributed by atoms with van der Waals surface area (Å²) in [6.45, 7) is 0.136. The van der Waals surface area contributed by atoms with Gasteiger partial charge in [-0.25, -0.2) is 4.79 Å². The standard InChI is InChI=1S/C11H10N2O3/c12-10-3-1-2-9(4-10)11(14)15-6-8-5-13-16-7-8/h1-5,7H,6,12H2. The maximum absolute atomic E-state index is 11.6. The first kappa shape index (κ1) is 10.2. The smallest absolute Gasteiger partial charge is 0.338 e. The quantitative estimate of drug-likeness (QED) is 0.625. The highest BCUT2D eigenvalue weighted by Crippen LogP contribution is 2.09. The molecule has 0 aliphatic rings. The number of anilines is 1. The zero-order valence-electron chi connectivity index (χ0n) is 8.42. The number of carbonyl (C=O) groups excluding carboxylic acids is 1. The molecule has 5 nitrogen and oxygen atoms in total. The zero-order chi connectivity index (χ0) is 11.4. The van der Waals surface area contributed by atoms with Crippen molar-refractivity contribution in [3.8, 4) is 0 Å². The van der Waals surface area contributed by atoms with Crippen molar-refractivity contribution < 1.29 is 14.1 Å². The van der Waals surface area contributed by atoms with Gasteiger partial charge in [0.15, 0.2) is 0 Å². The van der Waals surface area contributed by atoms with Crippen molar-refractivity contribution in [1.82, 2.24) is 5.16 Å². The Balaban J connectivity index is 1.98. The lowest BCUT2D eigenvalue weighted by Gasteiger charge is -2.03. The molecule has 1 heterocycles. The molecule has 2 N–H and O–H groups in total. The van der Waals surface area contributed by atoms with E-state index < -0.39 is 5.97 Å². The molecule has 16 heavy (non-hydrogen) atoms. The van der Waals surface area contributed by atoms with Gasteiger partial charge in [0.05, 0.1) is 11.8 Å². The first-order valence-electron chi connectivity index (χ1n) is 4.66. The van der Waals surface area contributed by atoms with E-state index >= 15 is 0 Å². The van der Waals surface area contributed by atoms with Crippen LogP contribution in [0.1, 0.15) is 15.9 Å². The lowest BCUT2D eigenvalue weighted by molar-refractivity contribution is 0.0472. The van der Waals surface area contributed by atoms with E-state index in [0.29, 0.717) is 16.8 Å². The molecule has 0 spiro atoms. The molecule has 0 bridgehead atoms. The van der Waals surface area contributed by atoms with E-state index in [0.717, 1.165) is 0 Å². The minimum atomic E-state index is -0.423. The van der Waals surface area contributed by atoms with Gasteiger partial charge in [-0.1, -0.05) is 11.2 Å². The van der Waals surface area contributed by atoms with Gasteiger partial charge in [0.2, 0.25) is 0 Å². The number of ether oxygens (including phenoxy) is 1. The van der Waals surface area contributed by atoms with Crippen LogP contribution in [0.4, 0.5) is 5.69 Å². The summed E-state index contributed by atoms with van der Waals surface area (Å²) in [5.41, 5.74) is 7.21. The summed E-state index contributed by atoms with van der Waals surface area (Å²) >= 11 is 0. The van der Waals surface area contributed by atoms with Gasteiger partial charge in [0.25, 0.3) is 0 Å². The summed E-state index contributed by atoms with van der Waals surface area (Å²) in [4.78, 5) is 11.6. The van der Waals surface area contributed by atoms with Crippen LogP contribution in [-0.4, -0.2) is 11.1 Å². The van der Waals surface area contributed by atoms with Gasteiger partial charge in [0, 0.05) is 11.3 Å². The first-order valence-corrected chi connectivity index (χ1v) is 4.66. The van der Waals surface area contributed by atoms with E-state index in [1.54, 1.807) is 24.3 Å². The fourth-order valence-electron chi connectivity index (χ4n) is 1.20. The van der Waals surface area contributed by atoms with E-state index in [4.69, 9.17) is 10.5 Å². The van der Waals surface area contributed by atoms with Crippen molar-refractivity contribution in [2.24, 2.45) is 0 Å². The van der Waals surface area contributed by atoms with Gasteiger partial charge < -0.3 is 15.0 Å². The van der Waals surface area contributed by atoms with Gasteiger partial charge in [-0.3, -0.25) is 0 Å². The minimum absolute atomic E-state index is 0.136. The average Bonchev–Trinajstić information content (AvgIpc) is 2.78. The van der Waals surface area contributed by atoms with Gasteiger partial charge >= 0.3 is 5.97 Å². The second kappa shape index (κ2) is 4.48. The average molecular weight is 218 g/mol. The molecule has 0 unspecified atom stereocenters. The number of hydrogen-bond acceptors (Lipinski definition) is 5. The normalized spacial score (nSPS) is 10.0. The highest BCUT2D eigenvalue weighted by molar-refractivity contribution is 5.90. The van der Waals surface area contributed by atoms with E-state index in [9.17, 15) is 4.79 Å². The Bertz CT molecular complexity index is 480. The third-order valence-electron chi connectivity index (χ3n) is 1.98. The van der Waals surface area contributed by atoms with Crippen molar-refractivity contribution in [1.29, 1.82) is 0 Å². The number of rotatable bonds is 3. The molecule has 5 heteroatoms. The van der Waals surface area contributed by atoms with Crippen LogP contribution >= 0.6 is 0 Å². The van der Waals surface area contributed by atoms with E-state index in [2.05, 4.69) is 9.68 Å². The van der Waals surface area contributed by atoms with Gasteiger partial charge in [0.1, 0.15) is 12.9 Å². The first-order chi connectivity index (χ1) is 7.75. The molecule has 1 aromatic carbocycles. The number of aromatic nitrogens is 1. The highest BCUT2D eigenvalue weighted by Gasteiger charge is 2.07. The van der Waals surface area contributed by atoms with Crippen LogP contribution in [0.2, 0.25) is 0 Å². The molecule has 1 aromatic heterocycles. The molecular weight excluding hydrogens is 208 g/mol. The van der Waals surface area contributed by atoms with Crippen LogP contribution in [0.5, 0.6) is 0 Å². The Hall–Kier alpha value is -2.30. The molecule has 0 radical (unpaired) electrons. The van der Waals surface area contributed by atoms with Crippen molar-refractivity contribution >= 4 is 11.7 Å². The predicted octanol–water partition coefficient (Wildman–Crippen LogP) is 1.61. The molecule has 2 aromatic rings. The lowest BCUT2D eigenvalue weighted by atomic mass is 10.2. The lowest BCUT2D eigenvalue weighted by Crippen LogP contribution is -2.05. The third-order valence-corrected chi connectivity index (χ3v) is 1.98. The molecule has 0 aliphatic carbocycles. The summed E-state index contributed by atoms with van der Waals surface area (Å²) in [6.07, 6.45) is 2.92. The molecule has 0 fully saturated rings. The second-order valence-electron chi connectivity index (χ2n) is 3.23. The fourth-order valence-corrected chi connectivity index (χ4v) is 1.20. The molecule has 82 valence electrons. The Labute approximate surface area is 91.8 Å². The van der Waals surface area contributed by atoms with Crippen LogP contribution in [0.15, 0.2) is 41.2 Å². The number of hydrogen-bond donors (Lipinski definition) is 1. The largest absolute Gasteiger partial charge is 0.457 e. The van der Waals surface area contributed by atoms with Gasteiger partial charge in [-0.2, -0.15) is 0 Å². The monoisotopic (exact) mass is 218 g/mol. The summed E-state index contributed by atoms with van der Waals surface area (Å²) in [5, 5.41) is 3.50. The Morgan fingerprint density at radius 3 is 3.06 bits per heavy atom. The number of carbonyl (C=O) groups is 1. The van der Waals surface area contributed by atoms with E-state index in [1.807, 2.05) is 0 Å². The van der Waals surface area contributed by atoms with E-state index in [-0.39, 0.29) is 6.61 Å². The molecule has 0 aliphatic heterocycles. The van der Waals surface area contributed by atoms with Gasteiger partial charge in [-0.15, -0.1) is 0 Å². The van der Waals surface area contributed by atoms with Crippen LogP contribution < -0.4 is 5.73 Å². The molecule has 0 saturated carbocycles. The van der Waals surface area contributed by atoms with Crippen LogP contribution in [0.25, 0.3) is 0 Å². The minimum Gasteiger partial charge on any atom is -0.457 e. The molecule has 0 atom stereocenters. The van der Waals surface area contributed by atoms with Crippen LogP contribution in [0, 0.1) is 0 Å². The van der Waals surface area contributed by atoms with Crippen LogP contribution in [0.3, 0.4) is 0 Å². The Morgan fingerprint density at radius 1 is 1.50 bits per heavy atom. The van der Waals surface area contributed by atoms with Crippen molar-refractivity contribution in [2.45, 2.75) is 6.61 Å². The van der Waals surface area contributed by atoms with Gasteiger partial charge in [-0.05, 0) is 18.2 Å². The zero-order valence-corrected chi connectivity index (χ0v) is 8.42. The maximum atomic E-state index is 11.6. The summed E-state index contributed by atoms with van der Waals surface area (Å²) in [7, 11) is 0. The predicted molar refractivity (Wildman–Crippen MR) is 56.5 cm³/mol. The molecular formula is C11H10N2O3.